The number of aryl methyl sites for hydroxylation is 1. The Hall–Kier alpha value is -1.24. The number of aliphatic hydroxyl groups is 1. The molecule has 0 amide bonds. The molecular weight excluding hydrogens is 244 g/mol. The smallest absolute Gasteiger partial charge is 0.185 e. The minimum Gasteiger partial charge on any atom is -0.396 e. The van der Waals surface area contributed by atoms with Crippen LogP contribution in [0.5, 0.6) is 0 Å². The number of rotatable bonds is 5. The van der Waals surface area contributed by atoms with Gasteiger partial charge in [0, 0.05) is 31.3 Å². The molecule has 1 rings (SSSR count). The van der Waals surface area contributed by atoms with Gasteiger partial charge in [-0.15, -0.1) is 0 Å². The fourth-order valence-corrected chi connectivity index (χ4v) is 1.94. The number of hydrogen-bond donors (Lipinski definition) is 1. The first-order valence-electron chi connectivity index (χ1n) is 6.04. The van der Waals surface area contributed by atoms with Crippen molar-refractivity contribution >= 4 is 16.9 Å². The molecule has 18 heavy (non-hydrogen) atoms. The van der Waals surface area contributed by atoms with Crippen molar-refractivity contribution in [2.45, 2.75) is 26.2 Å². The van der Waals surface area contributed by atoms with Crippen LogP contribution in [-0.2, 0) is 11.2 Å². The van der Waals surface area contributed by atoms with Crippen LogP contribution in [0.25, 0.3) is 0 Å². The van der Waals surface area contributed by atoms with E-state index in [-0.39, 0.29) is 11.7 Å². The van der Waals surface area contributed by atoms with E-state index >= 15 is 0 Å². The molecule has 0 heterocycles. The molecule has 0 unspecified atom stereocenters. The fourth-order valence-electron chi connectivity index (χ4n) is 1.45. The van der Waals surface area contributed by atoms with Gasteiger partial charge in [0.1, 0.15) is 0 Å². The normalized spacial score (nSPS) is 9.67. The third-order valence-electron chi connectivity index (χ3n) is 2.34. The number of benzene rings is 1. The van der Waals surface area contributed by atoms with Crippen molar-refractivity contribution in [3.8, 4) is 11.8 Å². The molecule has 0 atom stereocenters. The molecule has 0 fully saturated rings. The molecule has 96 valence electrons. The molecule has 0 saturated heterocycles. The number of aliphatic hydroxyl groups excluding tert-OH is 1. The van der Waals surface area contributed by atoms with Gasteiger partial charge in [0.25, 0.3) is 0 Å². The lowest BCUT2D eigenvalue weighted by Crippen LogP contribution is -1.89. The Bertz CT molecular complexity index is 426. The second-order valence-electron chi connectivity index (χ2n) is 3.92. The molecule has 0 spiro atoms. The Labute approximate surface area is 113 Å². The van der Waals surface area contributed by atoms with E-state index in [0.717, 1.165) is 30.6 Å². The van der Waals surface area contributed by atoms with Crippen LogP contribution in [-0.4, -0.2) is 22.6 Å². The second kappa shape index (κ2) is 8.79. The predicted molar refractivity (Wildman–Crippen MR) is 76.5 cm³/mol. The molecule has 0 aliphatic heterocycles. The molecule has 0 aromatic heterocycles. The summed E-state index contributed by atoms with van der Waals surface area (Å²) < 4.78 is 0. The fraction of sp³-hybridized carbons (Fsp3) is 0.400. The average molecular weight is 262 g/mol. The molecule has 0 radical (unpaired) electrons. The molecule has 3 heteroatoms. The van der Waals surface area contributed by atoms with Gasteiger partial charge in [-0.3, -0.25) is 4.79 Å². The molecule has 1 N–H and O–H groups in total. The van der Waals surface area contributed by atoms with Crippen LogP contribution in [0.2, 0.25) is 0 Å². The second-order valence-corrected chi connectivity index (χ2v) is 5.19. The Morgan fingerprint density at radius 2 is 2.06 bits per heavy atom. The molecule has 0 bridgehead atoms. The Balaban J connectivity index is 2.38. The Kier molecular flexibility index (Phi) is 7.24. The minimum absolute atomic E-state index is 0.144. The standard InChI is InChI=1S/C15H18O2S/c1-13(17)18-12-3-2-5-14-7-9-15(10-8-14)6-4-11-16/h7-10,16H,3-4,6,11-12H2,1H3. The highest BCUT2D eigenvalue weighted by Crippen LogP contribution is 2.06. The van der Waals surface area contributed by atoms with Crippen molar-refractivity contribution in [1.82, 2.24) is 0 Å². The highest BCUT2D eigenvalue weighted by Gasteiger charge is 1.93. The number of carbonyl (C=O) groups is 1. The third kappa shape index (κ3) is 6.48. The molecule has 2 nitrogen and oxygen atoms in total. The van der Waals surface area contributed by atoms with Crippen molar-refractivity contribution in [2.75, 3.05) is 12.4 Å². The highest BCUT2D eigenvalue weighted by molar-refractivity contribution is 8.13. The van der Waals surface area contributed by atoms with E-state index in [1.54, 1.807) is 6.92 Å². The van der Waals surface area contributed by atoms with Gasteiger partial charge >= 0.3 is 0 Å². The molecule has 0 aliphatic rings. The van der Waals surface area contributed by atoms with Crippen LogP contribution in [0.1, 0.15) is 30.9 Å². The Morgan fingerprint density at radius 3 is 2.67 bits per heavy atom. The molecular formula is C15H18O2S. The van der Waals surface area contributed by atoms with Crippen LogP contribution in [0.4, 0.5) is 0 Å². The summed E-state index contributed by atoms with van der Waals surface area (Å²) >= 11 is 1.31. The summed E-state index contributed by atoms with van der Waals surface area (Å²) in [4.78, 5) is 10.7. The van der Waals surface area contributed by atoms with Gasteiger partial charge in [0.2, 0.25) is 0 Å². The summed E-state index contributed by atoms with van der Waals surface area (Å²) in [6, 6.07) is 8.09. The zero-order valence-corrected chi connectivity index (χ0v) is 11.4. The van der Waals surface area contributed by atoms with Crippen molar-refractivity contribution in [1.29, 1.82) is 0 Å². The first kappa shape index (κ1) is 14.8. The maximum Gasteiger partial charge on any atom is 0.185 e. The van der Waals surface area contributed by atoms with Gasteiger partial charge in [-0.25, -0.2) is 0 Å². The van der Waals surface area contributed by atoms with E-state index in [1.165, 1.54) is 17.3 Å². The first-order valence-corrected chi connectivity index (χ1v) is 7.03. The van der Waals surface area contributed by atoms with E-state index in [9.17, 15) is 4.79 Å². The lowest BCUT2D eigenvalue weighted by molar-refractivity contribution is -0.109. The van der Waals surface area contributed by atoms with Gasteiger partial charge in [0.05, 0.1) is 0 Å². The summed E-state index contributed by atoms with van der Waals surface area (Å²) in [6.45, 7) is 1.80. The molecule has 0 saturated carbocycles. The van der Waals surface area contributed by atoms with E-state index in [0.29, 0.717) is 0 Å². The van der Waals surface area contributed by atoms with Crippen LogP contribution in [0, 0.1) is 11.8 Å². The first-order chi connectivity index (χ1) is 8.72. The summed E-state index contributed by atoms with van der Waals surface area (Å²) in [5, 5.41) is 8.88. The average Bonchev–Trinajstić information content (AvgIpc) is 2.37. The number of hydrogen-bond acceptors (Lipinski definition) is 3. The van der Waals surface area contributed by atoms with Gasteiger partial charge in [-0.05, 0) is 30.5 Å². The third-order valence-corrected chi connectivity index (χ3v) is 3.16. The molecule has 1 aromatic carbocycles. The van der Waals surface area contributed by atoms with Crippen LogP contribution in [0.3, 0.4) is 0 Å². The maximum absolute atomic E-state index is 10.7. The quantitative estimate of drug-likeness (QED) is 0.655. The lowest BCUT2D eigenvalue weighted by Gasteiger charge is -1.98. The Morgan fingerprint density at radius 1 is 1.33 bits per heavy atom. The van der Waals surface area contributed by atoms with Crippen molar-refractivity contribution < 1.29 is 9.90 Å². The van der Waals surface area contributed by atoms with E-state index in [2.05, 4.69) is 11.8 Å². The molecule has 0 aliphatic carbocycles. The van der Waals surface area contributed by atoms with Gasteiger partial charge in [0.15, 0.2) is 5.12 Å². The number of thioether (sulfide) groups is 1. The van der Waals surface area contributed by atoms with Gasteiger partial charge < -0.3 is 5.11 Å². The number of carbonyl (C=O) groups excluding carboxylic acids is 1. The van der Waals surface area contributed by atoms with Crippen molar-refractivity contribution in [3.05, 3.63) is 35.4 Å². The zero-order chi connectivity index (χ0) is 13.2. The topological polar surface area (TPSA) is 37.3 Å². The van der Waals surface area contributed by atoms with Crippen LogP contribution in [0.15, 0.2) is 24.3 Å². The molecule has 1 aromatic rings. The van der Waals surface area contributed by atoms with E-state index < -0.39 is 0 Å². The SMILES string of the molecule is CC(=O)SCCC#Cc1ccc(CCCO)cc1. The lowest BCUT2D eigenvalue weighted by atomic mass is 10.1. The zero-order valence-electron chi connectivity index (χ0n) is 10.6. The minimum atomic E-state index is 0.144. The summed E-state index contributed by atoms with van der Waals surface area (Å²) in [5.74, 6) is 6.90. The van der Waals surface area contributed by atoms with Gasteiger partial charge in [-0.2, -0.15) is 0 Å². The highest BCUT2D eigenvalue weighted by atomic mass is 32.2. The summed E-state index contributed by atoms with van der Waals surface area (Å²) in [5.41, 5.74) is 2.22. The van der Waals surface area contributed by atoms with Crippen molar-refractivity contribution in [2.24, 2.45) is 0 Å². The van der Waals surface area contributed by atoms with Crippen molar-refractivity contribution in [3.63, 3.8) is 0 Å². The van der Waals surface area contributed by atoms with Crippen LogP contribution < -0.4 is 0 Å². The predicted octanol–water partition coefficient (Wildman–Crippen LogP) is 2.63. The summed E-state index contributed by atoms with van der Waals surface area (Å²) in [6.07, 6.45) is 2.43. The summed E-state index contributed by atoms with van der Waals surface area (Å²) in [7, 11) is 0. The maximum atomic E-state index is 10.7. The monoisotopic (exact) mass is 262 g/mol. The van der Waals surface area contributed by atoms with E-state index in [1.807, 2.05) is 24.3 Å². The van der Waals surface area contributed by atoms with E-state index in [4.69, 9.17) is 5.11 Å². The largest absolute Gasteiger partial charge is 0.396 e. The van der Waals surface area contributed by atoms with Crippen LogP contribution >= 0.6 is 11.8 Å². The van der Waals surface area contributed by atoms with Gasteiger partial charge in [-0.1, -0.05) is 35.7 Å².